The fourth-order valence-electron chi connectivity index (χ4n) is 1.99. The Bertz CT molecular complexity index is 400. The maximum Gasteiger partial charge on any atom is 0.224 e. The molecular formula is C14H17NO2. The van der Waals surface area contributed by atoms with E-state index in [4.69, 9.17) is 0 Å². The minimum atomic E-state index is -0.614. The van der Waals surface area contributed by atoms with Gasteiger partial charge in [-0.3, -0.25) is 4.79 Å². The molecule has 1 aliphatic rings. The predicted molar refractivity (Wildman–Crippen MR) is 67.0 cm³/mol. The van der Waals surface area contributed by atoms with E-state index in [1.165, 1.54) is 4.90 Å². The van der Waals surface area contributed by atoms with Gasteiger partial charge in [-0.2, -0.15) is 0 Å². The lowest BCUT2D eigenvalue weighted by Gasteiger charge is -2.31. The number of benzene rings is 1. The monoisotopic (exact) mass is 231 g/mol. The maximum atomic E-state index is 11.6. The molecule has 1 fully saturated rings. The van der Waals surface area contributed by atoms with Crippen LogP contribution in [-0.2, 0) is 4.79 Å². The van der Waals surface area contributed by atoms with Crippen LogP contribution in [-0.4, -0.2) is 28.7 Å². The molecule has 1 aromatic rings. The number of aliphatic hydroxyl groups is 1. The zero-order valence-corrected chi connectivity index (χ0v) is 9.75. The highest BCUT2D eigenvalue weighted by Crippen LogP contribution is 2.16. The maximum absolute atomic E-state index is 11.6. The lowest BCUT2D eigenvalue weighted by molar-refractivity contribution is -0.145. The largest absolute Gasteiger partial charge is 0.374 e. The summed E-state index contributed by atoms with van der Waals surface area (Å²) in [4.78, 5) is 13.1. The topological polar surface area (TPSA) is 40.5 Å². The van der Waals surface area contributed by atoms with E-state index in [0.717, 1.165) is 12.0 Å². The van der Waals surface area contributed by atoms with Crippen molar-refractivity contribution in [2.75, 3.05) is 6.54 Å². The smallest absolute Gasteiger partial charge is 0.224 e. The Balaban J connectivity index is 1.93. The molecule has 1 heterocycles. The van der Waals surface area contributed by atoms with Gasteiger partial charge in [0.25, 0.3) is 0 Å². The quantitative estimate of drug-likeness (QED) is 0.864. The third-order valence-corrected chi connectivity index (χ3v) is 2.95. The number of nitrogens with zero attached hydrogens (tertiary/aromatic N) is 1. The van der Waals surface area contributed by atoms with Crippen molar-refractivity contribution in [3.8, 4) is 0 Å². The normalized spacial score (nSPS) is 21.1. The van der Waals surface area contributed by atoms with E-state index in [0.29, 0.717) is 19.4 Å². The highest BCUT2D eigenvalue weighted by molar-refractivity contribution is 5.77. The summed E-state index contributed by atoms with van der Waals surface area (Å²) in [6.45, 7) is 0.481. The highest BCUT2D eigenvalue weighted by Gasteiger charge is 2.24. The molecule has 17 heavy (non-hydrogen) atoms. The van der Waals surface area contributed by atoms with Gasteiger partial charge < -0.3 is 10.0 Å². The highest BCUT2D eigenvalue weighted by atomic mass is 16.3. The van der Waals surface area contributed by atoms with E-state index in [9.17, 15) is 9.90 Å². The number of aliphatic hydroxyl groups excluding tert-OH is 1. The van der Waals surface area contributed by atoms with Gasteiger partial charge in [-0.25, -0.2) is 0 Å². The Labute approximate surface area is 101 Å². The van der Waals surface area contributed by atoms with Gasteiger partial charge >= 0.3 is 0 Å². The van der Waals surface area contributed by atoms with E-state index in [1.54, 1.807) is 0 Å². The van der Waals surface area contributed by atoms with Crippen LogP contribution in [0.25, 0.3) is 6.08 Å². The summed E-state index contributed by atoms with van der Waals surface area (Å²) in [5.74, 6) is 0.0430. The van der Waals surface area contributed by atoms with Gasteiger partial charge in [-0.05, 0) is 18.4 Å². The minimum absolute atomic E-state index is 0.0430. The van der Waals surface area contributed by atoms with Crippen LogP contribution in [0.1, 0.15) is 24.8 Å². The summed E-state index contributed by atoms with van der Waals surface area (Å²) in [7, 11) is 0. The zero-order valence-electron chi connectivity index (χ0n) is 9.75. The average Bonchev–Trinajstić information content (AvgIpc) is 2.34. The SMILES string of the molecule is O=C1CCCC(O)N1C/C=C/c1ccccc1. The van der Waals surface area contributed by atoms with Gasteiger partial charge in [0.15, 0.2) is 0 Å². The van der Waals surface area contributed by atoms with Crippen LogP contribution in [0.2, 0.25) is 0 Å². The number of hydrogen-bond donors (Lipinski definition) is 1. The molecule has 3 heteroatoms. The molecular weight excluding hydrogens is 214 g/mol. The number of carbonyl (C=O) groups excluding carboxylic acids is 1. The first kappa shape index (κ1) is 11.9. The van der Waals surface area contributed by atoms with Crippen LogP contribution in [0.3, 0.4) is 0 Å². The molecule has 90 valence electrons. The van der Waals surface area contributed by atoms with Gasteiger partial charge in [0.1, 0.15) is 6.23 Å². The first-order valence-electron chi connectivity index (χ1n) is 5.96. The Hall–Kier alpha value is -1.61. The van der Waals surface area contributed by atoms with Crippen LogP contribution in [0, 0.1) is 0 Å². The van der Waals surface area contributed by atoms with Crippen molar-refractivity contribution < 1.29 is 9.90 Å². The number of amides is 1. The number of carbonyl (C=O) groups is 1. The third kappa shape index (κ3) is 3.17. The number of piperidine rings is 1. The predicted octanol–water partition coefficient (Wildman–Crippen LogP) is 2.03. The first-order valence-corrected chi connectivity index (χ1v) is 5.96. The number of hydrogen-bond acceptors (Lipinski definition) is 2. The Kier molecular flexibility index (Phi) is 3.94. The second-order valence-electron chi connectivity index (χ2n) is 4.23. The first-order chi connectivity index (χ1) is 8.27. The molecule has 3 nitrogen and oxygen atoms in total. The Morgan fingerprint density at radius 3 is 2.82 bits per heavy atom. The van der Waals surface area contributed by atoms with Crippen molar-refractivity contribution in [3.63, 3.8) is 0 Å². The van der Waals surface area contributed by atoms with Crippen LogP contribution in [0.15, 0.2) is 36.4 Å². The summed E-state index contributed by atoms with van der Waals surface area (Å²) in [6, 6.07) is 9.92. The van der Waals surface area contributed by atoms with Gasteiger partial charge in [0.05, 0.1) is 0 Å². The summed E-state index contributed by atoms with van der Waals surface area (Å²) in [5, 5.41) is 9.71. The Morgan fingerprint density at radius 2 is 2.12 bits per heavy atom. The lowest BCUT2D eigenvalue weighted by Crippen LogP contribution is -2.43. The molecule has 1 N–H and O–H groups in total. The molecule has 0 bridgehead atoms. The van der Waals surface area contributed by atoms with E-state index in [-0.39, 0.29) is 5.91 Å². The van der Waals surface area contributed by atoms with Crippen LogP contribution < -0.4 is 0 Å². The molecule has 0 aromatic heterocycles. The van der Waals surface area contributed by atoms with Crippen LogP contribution in [0.4, 0.5) is 0 Å². The molecule has 1 amide bonds. The van der Waals surface area contributed by atoms with Crippen molar-refractivity contribution in [2.45, 2.75) is 25.5 Å². The summed E-state index contributed by atoms with van der Waals surface area (Å²) >= 11 is 0. The summed E-state index contributed by atoms with van der Waals surface area (Å²) in [5.41, 5.74) is 1.10. The zero-order chi connectivity index (χ0) is 12.1. The summed E-state index contributed by atoms with van der Waals surface area (Å²) < 4.78 is 0. The minimum Gasteiger partial charge on any atom is -0.374 e. The van der Waals surface area contributed by atoms with Crippen LogP contribution >= 0.6 is 0 Å². The molecule has 1 unspecified atom stereocenters. The number of likely N-dealkylation sites (tertiary alicyclic amines) is 1. The second-order valence-corrected chi connectivity index (χ2v) is 4.23. The van der Waals surface area contributed by atoms with E-state index < -0.39 is 6.23 Å². The van der Waals surface area contributed by atoms with E-state index >= 15 is 0 Å². The third-order valence-electron chi connectivity index (χ3n) is 2.95. The molecule has 1 aliphatic heterocycles. The molecule has 0 aliphatic carbocycles. The van der Waals surface area contributed by atoms with Gasteiger partial charge in [0.2, 0.25) is 5.91 Å². The molecule has 1 saturated heterocycles. The van der Waals surface area contributed by atoms with Gasteiger partial charge in [-0.15, -0.1) is 0 Å². The fourth-order valence-corrected chi connectivity index (χ4v) is 1.99. The van der Waals surface area contributed by atoms with Crippen molar-refractivity contribution in [1.82, 2.24) is 4.90 Å². The van der Waals surface area contributed by atoms with Crippen LogP contribution in [0.5, 0.6) is 0 Å². The Morgan fingerprint density at radius 1 is 1.35 bits per heavy atom. The van der Waals surface area contributed by atoms with Gasteiger partial charge in [-0.1, -0.05) is 42.5 Å². The molecule has 2 rings (SSSR count). The molecule has 0 spiro atoms. The molecule has 0 saturated carbocycles. The van der Waals surface area contributed by atoms with E-state index in [1.807, 2.05) is 42.5 Å². The standard InChI is InChI=1S/C14H17NO2/c16-13-9-4-10-14(17)15(13)11-5-8-12-6-2-1-3-7-12/h1-3,5-8,13,16H,4,9-11H2/b8-5+. The van der Waals surface area contributed by atoms with Gasteiger partial charge in [0, 0.05) is 13.0 Å². The lowest BCUT2D eigenvalue weighted by atomic mass is 10.1. The van der Waals surface area contributed by atoms with Crippen molar-refractivity contribution in [1.29, 1.82) is 0 Å². The van der Waals surface area contributed by atoms with Crippen molar-refractivity contribution in [3.05, 3.63) is 42.0 Å². The number of rotatable bonds is 3. The molecule has 1 aromatic carbocycles. The molecule has 0 radical (unpaired) electrons. The van der Waals surface area contributed by atoms with E-state index in [2.05, 4.69) is 0 Å². The average molecular weight is 231 g/mol. The molecule has 1 atom stereocenters. The fraction of sp³-hybridized carbons (Fsp3) is 0.357. The van der Waals surface area contributed by atoms with Crippen molar-refractivity contribution >= 4 is 12.0 Å². The second kappa shape index (κ2) is 5.64. The summed E-state index contributed by atoms with van der Waals surface area (Å²) in [6.07, 6.45) is 5.30. The van der Waals surface area contributed by atoms with Crippen molar-refractivity contribution in [2.24, 2.45) is 0 Å².